The number of nitrogen functional groups attached to an aromatic ring is 1. The molecule has 0 radical (unpaired) electrons. The number of thiophene rings is 1. The van der Waals surface area contributed by atoms with Gasteiger partial charge in [0.15, 0.2) is 0 Å². The third kappa shape index (κ3) is 2.18. The number of nitrogens with zero attached hydrogens (tertiary/aromatic N) is 3. The standard InChI is InChI=1S/C14H13FN4S/c1-2-19(10-5-3-9(15)4-6-10)12-11-7-8-20-13(11)18-14(16)17-12/h3-8H,2H2,1H3,(H2,16,17,18). The molecule has 102 valence electrons. The normalized spacial score (nSPS) is 10.9. The van der Waals surface area contributed by atoms with Crippen molar-refractivity contribution in [1.82, 2.24) is 9.97 Å². The largest absolute Gasteiger partial charge is 0.368 e. The molecule has 3 rings (SSSR count). The fraction of sp³-hybridized carbons (Fsp3) is 0.143. The van der Waals surface area contributed by atoms with Crippen LogP contribution in [0.15, 0.2) is 35.7 Å². The van der Waals surface area contributed by atoms with Gasteiger partial charge in [0.25, 0.3) is 0 Å². The van der Waals surface area contributed by atoms with Crippen LogP contribution >= 0.6 is 11.3 Å². The Bertz CT molecular complexity index is 739. The zero-order valence-corrected chi connectivity index (χ0v) is 11.7. The minimum absolute atomic E-state index is 0.246. The number of benzene rings is 1. The Hall–Kier alpha value is -2.21. The maximum absolute atomic E-state index is 13.1. The highest BCUT2D eigenvalue weighted by atomic mass is 32.1. The second-order valence-electron chi connectivity index (χ2n) is 4.27. The van der Waals surface area contributed by atoms with E-state index in [0.717, 1.165) is 21.7 Å². The van der Waals surface area contributed by atoms with Crippen LogP contribution in [0.3, 0.4) is 0 Å². The molecule has 2 aromatic heterocycles. The quantitative estimate of drug-likeness (QED) is 0.800. The SMILES string of the molecule is CCN(c1ccc(F)cc1)c1nc(N)nc2sccc12. The Morgan fingerprint density at radius 3 is 2.65 bits per heavy atom. The first-order valence-corrected chi connectivity index (χ1v) is 7.11. The number of fused-ring (bicyclic) bond motifs is 1. The van der Waals surface area contributed by atoms with Gasteiger partial charge in [0.05, 0.1) is 5.39 Å². The first-order valence-electron chi connectivity index (χ1n) is 6.23. The summed E-state index contributed by atoms with van der Waals surface area (Å²) in [4.78, 5) is 11.4. The molecule has 0 saturated carbocycles. The zero-order valence-electron chi connectivity index (χ0n) is 10.9. The van der Waals surface area contributed by atoms with Crippen molar-refractivity contribution in [2.75, 3.05) is 17.2 Å². The summed E-state index contributed by atoms with van der Waals surface area (Å²) >= 11 is 1.52. The summed E-state index contributed by atoms with van der Waals surface area (Å²) in [5, 5.41) is 2.91. The van der Waals surface area contributed by atoms with Crippen molar-refractivity contribution in [1.29, 1.82) is 0 Å². The maximum atomic E-state index is 13.1. The average molecular weight is 288 g/mol. The van der Waals surface area contributed by atoms with Crippen molar-refractivity contribution < 1.29 is 4.39 Å². The lowest BCUT2D eigenvalue weighted by Crippen LogP contribution is -2.18. The van der Waals surface area contributed by atoms with Crippen molar-refractivity contribution in [2.45, 2.75) is 6.92 Å². The smallest absolute Gasteiger partial charge is 0.223 e. The van der Waals surface area contributed by atoms with E-state index in [1.807, 2.05) is 23.3 Å². The molecule has 4 nitrogen and oxygen atoms in total. The van der Waals surface area contributed by atoms with E-state index in [2.05, 4.69) is 9.97 Å². The minimum Gasteiger partial charge on any atom is -0.368 e. The molecular formula is C14H13FN4S. The lowest BCUT2D eigenvalue weighted by Gasteiger charge is -2.22. The summed E-state index contributed by atoms with van der Waals surface area (Å²) in [5.41, 5.74) is 6.65. The van der Waals surface area contributed by atoms with E-state index >= 15 is 0 Å². The highest BCUT2D eigenvalue weighted by Crippen LogP contribution is 2.32. The first kappa shape index (κ1) is 12.8. The molecule has 20 heavy (non-hydrogen) atoms. The van der Waals surface area contributed by atoms with Crippen LogP contribution in [-0.4, -0.2) is 16.5 Å². The van der Waals surface area contributed by atoms with Crippen LogP contribution < -0.4 is 10.6 Å². The predicted octanol–water partition coefficient (Wildman–Crippen LogP) is 3.57. The zero-order chi connectivity index (χ0) is 14.1. The van der Waals surface area contributed by atoms with Crippen LogP contribution in [-0.2, 0) is 0 Å². The number of halogens is 1. The third-order valence-corrected chi connectivity index (χ3v) is 3.84. The molecular weight excluding hydrogens is 275 g/mol. The summed E-state index contributed by atoms with van der Waals surface area (Å²) in [5.74, 6) is 0.742. The lowest BCUT2D eigenvalue weighted by molar-refractivity contribution is 0.628. The molecule has 0 spiro atoms. The van der Waals surface area contributed by atoms with Gasteiger partial charge < -0.3 is 10.6 Å². The van der Waals surface area contributed by atoms with Crippen LogP contribution in [0.4, 0.5) is 21.8 Å². The second kappa shape index (κ2) is 5.05. The van der Waals surface area contributed by atoms with E-state index in [4.69, 9.17) is 5.73 Å². The van der Waals surface area contributed by atoms with Crippen LogP contribution in [0.2, 0.25) is 0 Å². The Morgan fingerprint density at radius 1 is 1.20 bits per heavy atom. The van der Waals surface area contributed by atoms with Gasteiger partial charge >= 0.3 is 0 Å². The van der Waals surface area contributed by atoms with Gasteiger partial charge in [0.2, 0.25) is 5.95 Å². The third-order valence-electron chi connectivity index (χ3n) is 3.03. The van der Waals surface area contributed by atoms with Gasteiger partial charge in [0, 0.05) is 12.2 Å². The molecule has 0 saturated heterocycles. The topological polar surface area (TPSA) is 55.0 Å². The molecule has 1 aromatic carbocycles. The Labute approximate surface area is 119 Å². The van der Waals surface area contributed by atoms with E-state index in [9.17, 15) is 4.39 Å². The van der Waals surface area contributed by atoms with Crippen molar-refractivity contribution in [2.24, 2.45) is 0 Å². The average Bonchev–Trinajstić information content (AvgIpc) is 2.89. The second-order valence-corrected chi connectivity index (χ2v) is 5.16. The van der Waals surface area contributed by atoms with E-state index in [0.29, 0.717) is 6.54 Å². The van der Waals surface area contributed by atoms with Gasteiger partial charge in [-0.1, -0.05) is 0 Å². The molecule has 0 aliphatic rings. The van der Waals surface area contributed by atoms with E-state index < -0.39 is 0 Å². The molecule has 0 amide bonds. The Kier molecular flexibility index (Phi) is 3.23. The predicted molar refractivity (Wildman–Crippen MR) is 80.9 cm³/mol. The molecule has 2 heterocycles. The number of rotatable bonds is 3. The lowest BCUT2D eigenvalue weighted by atomic mass is 10.2. The van der Waals surface area contributed by atoms with Crippen LogP contribution in [0, 0.1) is 5.82 Å². The summed E-state index contributed by atoms with van der Waals surface area (Å²) in [7, 11) is 0. The van der Waals surface area contributed by atoms with Gasteiger partial charge in [-0.3, -0.25) is 0 Å². The first-order chi connectivity index (χ1) is 9.69. The van der Waals surface area contributed by atoms with Crippen molar-refractivity contribution in [3.8, 4) is 0 Å². The van der Waals surface area contributed by atoms with Crippen molar-refractivity contribution in [3.63, 3.8) is 0 Å². The minimum atomic E-state index is -0.257. The maximum Gasteiger partial charge on any atom is 0.223 e. The molecule has 0 atom stereocenters. The van der Waals surface area contributed by atoms with Crippen LogP contribution in [0.5, 0.6) is 0 Å². The molecule has 0 fully saturated rings. The molecule has 0 bridgehead atoms. The van der Waals surface area contributed by atoms with E-state index in [1.54, 1.807) is 12.1 Å². The monoisotopic (exact) mass is 288 g/mol. The van der Waals surface area contributed by atoms with Crippen molar-refractivity contribution in [3.05, 3.63) is 41.5 Å². The number of anilines is 3. The summed E-state index contributed by atoms with van der Waals surface area (Å²) in [6, 6.07) is 8.31. The molecule has 6 heteroatoms. The van der Waals surface area contributed by atoms with E-state index in [-0.39, 0.29) is 11.8 Å². The van der Waals surface area contributed by atoms with Crippen LogP contribution in [0.1, 0.15) is 6.92 Å². The van der Waals surface area contributed by atoms with Gasteiger partial charge in [-0.2, -0.15) is 4.98 Å². The number of aromatic nitrogens is 2. The Morgan fingerprint density at radius 2 is 1.95 bits per heavy atom. The summed E-state index contributed by atoms with van der Waals surface area (Å²) in [6.07, 6.45) is 0. The van der Waals surface area contributed by atoms with Gasteiger partial charge in [-0.05, 0) is 42.6 Å². The summed E-state index contributed by atoms with van der Waals surface area (Å²) in [6.45, 7) is 2.72. The molecule has 0 aliphatic heterocycles. The van der Waals surface area contributed by atoms with Crippen LogP contribution in [0.25, 0.3) is 10.2 Å². The number of hydrogen-bond acceptors (Lipinski definition) is 5. The number of hydrogen-bond donors (Lipinski definition) is 1. The Balaban J connectivity index is 2.16. The highest BCUT2D eigenvalue weighted by Gasteiger charge is 2.15. The number of nitrogens with two attached hydrogens (primary N) is 1. The highest BCUT2D eigenvalue weighted by molar-refractivity contribution is 7.16. The molecule has 2 N–H and O–H groups in total. The molecule has 3 aromatic rings. The van der Waals surface area contributed by atoms with Gasteiger partial charge in [-0.25, -0.2) is 9.37 Å². The van der Waals surface area contributed by atoms with Gasteiger partial charge in [0.1, 0.15) is 16.5 Å². The molecule has 0 aliphatic carbocycles. The summed E-state index contributed by atoms with van der Waals surface area (Å²) < 4.78 is 13.1. The van der Waals surface area contributed by atoms with Gasteiger partial charge in [-0.15, -0.1) is 11.3 Å². The molecule has 0 unspecified atom stereocenters. The fourth-order valence-electron chi connectivity index (χ4n) is 2.14. The fourth-order valence-corrected chi connectivity index (χ4v) is 2.90. The van der Waals surface area contributed by atoms with Crippen molar-refractivity contribution >= 4 is 39.0 Å². The van der Waals surface area contributed by atoms with E-state index in [1.165, 1.54) is 23.5 Å².